The Morgan fingerprint density at radius 3 is 2.88 bits per heavy atom. The Bertz CT molecular complexity index is 671. The summed E-state index contributed by atoms with van der Waals surface area (Å²) in [5, 5.41) is 8.15. The number of aromatic nitrogens is 3. The van der Waals surface area contributed by atoms with Crippen LogP contribution in [0.15, 0.2) is 36.7 Å². The fourth-order valence-corrected chi connectivity index (χ4v) is 3.17. The molecular formula is C18H24N4O2. The molecule has 24 heavy (non-hydrogen) atoms. The van der Waals surface area contributed by atoms with E-state index in [2.05, 4.69) is 10.2 Å². The third-order valence-corrected chi connectivity index (χ3v) is 4.54. The number of hydrogen-bond donors (Lipinski definition) is 0. The number of piperidine rings is 1. The number of carbonyl (C=O) groups is 1. The highest BCUT2D eigenvalue weighted by Gasteiger charge is 2.29. The maximum atomic E-state index is 12.7. The molecule has 6 nitrogen and oxygen atoms in total. The minimum atomic E-state index is -0.441. The van der Waals surface area contributed by atoms with Crippen molar-refractivity contribution in [1.82, 2.24) is 19.7 Å². The van der Waals surface area contributed by atoms with Gasteiger partial charge in [0.1, 0.15) is 18.3 Å². The number of likely N-dealkylation sites (tertiary alicyclic amines) is 1. The molecule has 0 unspecified atom stereocenters. The first-order valence-corrected chi connectivity index (χ1v) is 8.43. The third kappa shape index (κ3) is 3.82. The Labute approximate surface area is 142 Å². The lowest BCUT2D eigenvalue weighted by molar-refractivity contribution is -0.144. The first kappa shape index (κ1) is 16.6. The fraction of sp³-hybridized carbons (Fsp3) is 0.500. The Morgan fingerprint density at radius 2 is 2.17 bits per heavy atom. The molecule has 1 aromatic heterocycles. The average Bonchev–Trinajstić information content (AvgIpc) is 3.06. The molecule has 2 atom stereocenters. The summed E-state index contributed by atoms with van der Waals surface area (Å²) < 4.78 is 7.71. The molecule has 0 radical (unpaired) electrons. The maximum Gasteiger partial charge on any atom is 0.251 e. The zero-order valence-electron chi connectivity index (χ0n) is 14.3. The van der Waals surface area contributed by atoms with Crippen molar-refractivity contribution in [3.05, 3.63) is 48.0 Å². The second kappa shape index (κ2) is 7.57. The van der Waals surface area contributed by atoms with Crippen molar-refractivity contribution in [2.75, 3.05) is 13.1 Å². The van der Waals surface area contributed by atoms with Crippen LogP contribution >= 0.6 is 0 Å². The van der Waals surface area contributed by atoms with Crippen molar-refractivity contribution >= 4 is 5.91 Å². The molecule has 3 rings (SSSR count). The molecule has 2 heterocycles. The molecule has 0 bridgehead atoms. The summed E-state index contributed by atoms with van der Waals surface area (Å²) in [6.07, 6.45) is 3.29. The van der Waals surface area contributed by atoms with E-state index in [4.69, 9.17) is 4.74 Å². The highest BCUT2D eigenvalue weighted by molar-refractivity contribution is 5.80. The zero-order valence-corrected chi connectivity index (χ0v) is 14.3. The number of amides is 1. The summed E-state index contributed by atoms with van der Waals surface area (Å²) in [7, 11) is 1.95. The zero-order chi connectivity index (χ0) is 16.9. The molecular weight excluding hydrogens is 304 g/mol. The molecule has 1 saturated heterocycles. The van der Waals surface area contributed by atoms with E-state index < -0.39 is 6.10 Å². The van der Waals surface area contributed by atoms with Gasteiger partial charge in [0, 0.05) is 26.1 Å². The molecule has 0 spiro atoms. The van der Waals surface area contributed by atoms with Gasteiger partial charge in [-0.25, -0.2) is 0 Å². The lowest BCUT2D eigenvalue weighted by atomic mass is 9.97. The topological polar surface area (TPSA) is 60.2 Å². The molecule has 1 aliphatic rings. The van der Waals surface area contributed by atoms with Crippen LogP contribution in [0.1, 0.15) is 37.1 Å². The molecule has 6 heteroatoms. The number of benzene rings is 1. The van der Waals surface area contributed by atoms with Gasteiger partial charge in [0.25, 0.3) is 5.91 Å². The fourth-order valence-electron chi connectivity index (χ4n) is 3.17. The largest absolute Gasteiger partial charge is 0.364 e. The standard InChI is InChI=1S/C18H24N4O2/c1-14(24-12-15-7-4-3-5-8-15)18(23)22-10-6-9-16(11-22)17-20-19-13-21(17)2/h3-5,7-8,13-14,16H,6,9-12H2,1-2H3/t14-,16+/m1/s1. The number of hydrogen-bond acceptors (Lipinski definition) is 4. The second-order valence-corrected chi connectivity index (χ2v) is 6.36. The highest BCUT2D eigenvalue weighted by atomic mass is 16.5. The van der Waals surface area contributed by atoms with Crippen molar-refractivity contribution in [1.29, 1.82) is 0 Å². The molecule has 0 saturated carbocycles. The molecule has 1 amide bonds. The predicted octanol–water partition coefficient (Wildman–Crippen LogP) is 2.13. The predicted molar refractivity (Wildman–Crippen MR) is 90.3 cm³/mol. The van der Waals surface area contributed by atoms with Gasteiger partial charge in [-0.2, -0.15) is 0 Å². The first-order valence-electron chi connectivity index (χ1n) is 8.43. The van der Waals surface area contributed by atoms with Gasteiger partial charge in [-0.05, 0) is 25.3 Å². The van der Waals surface area contributed by atoms with Crippen LogP contribution in [0.2, 0.25) is 0 Å². The van der Waals surface area contributed by atoms with Crippen molar-refractivity contribution in [2.24, 2.45) is 7.05 Å². The van der Waals surface area contributed by atoms with Crippen molar-refractivity contribution < 1.29 is 9.53 Å². The second-order valence-electron chi connectivity index (χ2n) is 6.36. The van der Waals surface area contributed by atoms with Crippen LogP contribution in [0.5, 0.6) is 0 Å². The van der Waals surface area contributed by atoms with Crippen LogP contribution in [0, 0.1) is 0 Å². The highest BCUT2D eigenvalue weighted by Crippen LogP contribution is 2.25. The van der Waals surface area contributed by atoms with E-state index >= 15 is 0 Å². The number of ether oxygens (including phenoxy) is 1. The van der Waals surface area contributed by atoms with E-state index in [0.717, 1.165) is 30.8 Å². The van der Waals surface area contributed by atoms with Crippen LogP contribution in [0.25, 0.3) is 0 Å². The first-order chi connectivity index (χ1) is 11.6. The molecule has 1 aliphatic heterocycles. The van der Waals surface area contributed by atoms with Crippen LogP contribution in [0.4, 0.5) is 0 Å². The van der Waals surface area contributed by atoms with Crippen LogP contribution in [-0.2, 0) is 23.2 Å². The van der Waals surface area contributed by atoms with Gasteiger partial charge < -0.3 is 14.2 Å². The summed E-state index contributed by atoms with van der Waals surface area (Å²) in [4.78, 5) is 14.6. The van der Waals surface area contributed by atoms with Gasteiger partial charge in [-0.1, -0.05) is 30.3 Å². The van der Waals surface area contributed by atoms with Crippen molar-refractivity contribution in [3.63, 3.8) is 0 Å². The lowest BCUT2D eigenvalue weighted by Crippen LogP contribution is -2.44. The summed E-state index contributed by atoms with van der Waals surface area (Å²) in [5.74, 6) is 1.25. The van der Waals surface area contributed by atoms with Gasteiger partial charge in [0.15, 0.2) is 0 Å². The molecule has 128 valence electrons. The molecule has 2 aromatic rings. The number of carbonyl (C=O) groups excluding carboxylic acids is 1. The van der Waals surface area contributed by atoms with Gasteiger partial charge in [0.2, 0.25) is 0 Å². The third-order valence-electron chi connectivity index (χ3n) is 4.54. The molecule has 0 aliphatic carbocycles. The Balaban J connectivity index is 1.56. The van der Waals surface area contributed by atoms with E-state index in [-0.39, 0.29) is 11.8 Å². The quantitative estimate of drug-likeness (QED) is 0.843. The van der Waals surface area contributed by atoms with Crippen molar-refractivity contribution in [3.8, 4) is 0 Å². The van der Waals surface area contributed by atoms with Gasteiger partial charge in [-0.3, -0.25) is 4.79 Å². The number of aryl methyl sites for hydroxylation is 1. The minimum Gasteiger partial charge on any atom is -0.364 e. The average molecular weight is 328 g/mol. The molecule has 1 fully saturated rings. The Kier molecular flexibility index (Phi) is 5.25. The van der Waals surface area contributed by atoms with Crippen LogP contribution in [0.3, 0.4) is 0 Å². The summed E-state index contributed by atoms with van der Waals surface area (Å²) in [6, 6.07) is 9.92. The number of nitrogens with zero attached hydrogens (tertiary/aromatic N) is 4. The summed E-state index contributed by atoms with van der Waals surface area (Å²) in [5.41, 5.74) is 1.08. The van der Waals surface area contributed by atoms with Crippen molar-refractivity contribution in [2.45, 2.75) is 38.4 Å². The summed E-state index contributed by atoms with van der Waals surface area (Å²) in [6.45, 7) is 3.75. The molecule has 0 N–H and O–H groups in total. The lowest BCUT2D eigenvalue weighted by Gasteiger charge is -2.33. The summed E-state index contributed by atoms with van der Waals surface area (Å²) >= 11 is 0. The van der Waals surface area contributed by atoms with E-state index in [1.807, 2.05) is 53.8 Å². The maximum absolute atomic E-state index is 12.7. The van der Waals surface area contributed by atoms with Gasteiger partial charge >= 0.3 is 0 Å². The smallest absolute Gasteiger partial charge is 0.251 e. The van der Waals surface area contributed by atoms with E-state index in [1.165, 1.54) is 0 Å². The van der Waals surface area contributed by atoms with Gasteiger partial charge in [0.05, 0.1) is 6.61 Å². The Morgan fingerprint density at radius 1 is 1.38 bits per heavy atom. The van der Waals surface area contributed by atoms with Crippen LogP contribution in [-0.4, -0.2) is 44.8 Å². The Hall–Kier alpha value is -2.21. The van der Waals surface area contributed by atoms with Gasteiger partial charge in [-0.15, -0.1) is 10.2 Å². The molecule has 1 aromatic carbocycles. The van der Waals surface area contributed by atoms with E-state index in [9.17, 15) is 4.79 Å². The SMILES string of the molecule is C[C@@H](OCc1ccccc1)C(=O)N1CCC[C@H](c2nncn2C)C1. The number of rotatable bonds is 5. The van der Waals surface area contributed by atoms with E-state index in [1.54, 1.807) is 6.33 Å². The van der Waals surface area contributed by atoms with Crippen LogP contribution < -0.4 is 0 Å². The van der Waals surface area contributed by atoms with E-state index in [0.29, 0.717) is 13.2 Å². The minimum absolute atomic E-state index is 0.0535. The normalized spacial score (nSPS) is 19.2. The monoisotopic (exact) mass is 328 g/mol.